The number of nitrogens with zero attached hydrogens (tertiary/aromatic N) is 2. The molecule has 0 bridgehead atoms. The van der Waals surface area contributed by atoms with Crippen LogP contribution in [-0.4, -0.2) is 37.7 Å². The van der Waals surface area contributed by atoms with Crippen LogP contribution in [0.25, 0.3) is 0 Å². The second kappa shape index (κ2) is 8.48. The Kier molecular flexibility index (Phi) is 6.64. The van der Waals surface area contributed by atoms with E-state index in [4.69, 9.17) is 4.74 Å². The molecular formula is C16H28N4OS. The Balaban J connectivity index is 1.87. The molecule has 0 radical (unpaired) electrons. The highest BCUT2D eigenvalue weighted by Gasteiger charge is 2.36. The van der Waals surface area contributed by atoms with E-state index in [-0.39, 0.29) is 0 Å². The molecule has 0 aliphatic heterocycles. The molecule has 2 rings (SSSR count). The Morgan fingerprint density at radius 1 is 1.45 bits per heavy atom. The summed E-state index contributed by atoms with van der Waals surface area (Å²) in [6.07, 6.45) is 6.94. The van der Waals surface area contributed by atoms with Gasteiger partial charge < -0.3 is 15.4 Å². The number of guanidine groups is 1. The molecule has 1 saturated carbocycles. The van der Waals surface area contributed by atoms with Gasteiger partial charge >= 0.3 is 0 Å². The number of aliphatic imine (C=N–C) groups is 1. The topological polar surface area (TPSA) is 58.5 Å². The van der Waals surface area contributed by atoms with Gasteiger partial charge in [0.15, 0.2) is 5.96 Å². The summed E-state index contributed by atoms with van der Waals surface area (Å²) in [5.41, 5.74) is 0.393. The first-order chi connectivity index (χ1) is 10.7. The van der Waals surface area contributed by atoms with Gasteiger partial charge in [-0.1, -0.05) is 6.42 Å². The summed E-state index contributed by atoms with van der Waals surface area (Å²) in [4.78, 5) is 10.2. The summed E-state index contributed by atoms with van der Waals surface area (Å²) < 4.78 is 5.25. The number of rotatable bonds is 8. The van der Waals surface area contributed by atoms with Crippen LogP contribution >= 0.6 is 11.3 Å². The highest BCUT2D eigenvalue weighted by atomic mass is 32.1. The number of aromatic nitrogens is 1. The zero-order valence-corrected chi connectivity index (χ0v) is 14.8. The minimum absolute atomic E-state index is 0.393. The number of aryl methyl sites for hydroxylation is 1. The van der Waals surface area contributed by atoms with Gasteiger partial charge in [0.25, 0.3) is 0 Å². The highest BCUT2D eigenvalue weighted by Crippen LogP contribution is 2.43. The number of hydrogen-bond donors (Lipinski definition) is 2. The third-order valence-electron chi connectivity index (χ3n) is 4.27. The van der Waals surface area contributed by atoms with Crippen LogP contribution in [-0.2, 0) is 11.3 Å². The Hall–Kier alpha value is -1.14. The number of thiazole rings is 1. The smallest absolute Gasteiger partial charge is 0.191 e. The quantitative estimate of drug-likeness (QED) is 0.570. The van der Waals surface area contributed by atoms with Crippen LogP contribution in [0, 0.1) is 12.3 Å². The van der Waals surface area contributed by atoms with Crippen molar-refractivity contribution in [3.63, 3.8) is 0 Å². The molecule has 0 amide bonds. The van der Waals surface area contributed by atoms with Gasteiger partial charge in [-0.25, -0.2) is 9.98 Å². The van der Waals surface area contributed by atoms with Crippen molar-refractivity contribution in [2.45, 2.75) is 46.1 Å². The zero-order chi connectivity index (χ0) is 15.8. The van der Waals surface area contributed by atoms with E-state index in [0.29, 0.717) is 12.0 Å². The van der Waals surface area contributed by atoms with Gasteiger partial charge in [-0.05, 0) is 38.5 Å². The highest BCUT2D eigenvalue weighted by molar-refractivity contribution is 7.11. The Bertz CT molecular complexity index is 482. The fourth-order valence-electron chi connectivity index (χ4n) is 2.74. The van der Waals surface area contributed by atoms with Gasteiger partial charge in [0.2, 0.25) is 0 Å². The van der Waals surface area contributed by atoms with Gasteiger partial charge in [-0.15, -0.1) is 11.3 Å². The molecule has 0 aromatic carbocycles. The predicted octanol–water partition coefficient (Wildman–Crippen LogP) is 2.71. The third kappa shape index (κ3) is 4.95. The van der Waals surface area contributed by atoms with Gasteiger partial charge in [0.05, 0.1) is 6.54 Å². The van der Waals surface area contributed by atoms with Crippen LogP contribution < -0.4 is 10.6 Å². The Morgan fingerprint density at radius 2 is 2.27 bits per heavy atom. The monoisotopic (exact) mass is 324 g/mol. The van der Waals surface area contributed by atoms with Crippen molar-refractivity contribution in [2.75, 3.05) is 26.8 Å². The average Bonchev–Trinajstić information content (AvgIpc) is 2.88. The number of nitrogens with one attached hydrogen (secondary N) is 2. The molecule has 1 aromatic heterocycles. The van der Waals surface area contributed by atoms with E-state index in [1.165, 1.54) is 24.1 Å². The summed E-state index contributed by atoms with van der Waals surface area (Å²) in [5.74, 6) is 0.888. The maximum absolute atomic E-state index is 5.25. The summed E-state index contributed by atoms with van der Waals surface area (Å²) >= 11 is 1.71. The minimum Gasteiger partial charge on any atom is -0.385 e. The van der Waals surface area contributed by atoms with Gasteiger partial charge in [0.1, 0.15) is 5.01 Å². The molecule has 0 spiro atoms. The summed E-state index contributed by atoms with van der Waals surface area (Å²) in [6, 6.07) is 0. The first kappa shape index (κ1) is 17.2. The van der Waals surface area contributed by atoms with Crippen molar-refractivity contribution >= 4 is 17.3 Å². The fourth-order valence-corrected chi connectivity index (χ4v) is 3.46. The van der Waals surface area contributed by atoms with Crippen LogP contribution in [0.5, 0.6) is 0 Å². The molecule has 6 heteroatoms. The van der Waals surface area contributed by atoms with Crippen LogP contribution in [0.3, 0.4) is 0 Å². The van der Waals surface area contributed by atoms with Crippen molar-refractivity contribution in [3.8, 4) is 0 Å². The largest absolute Gasteiger partial charge is 0.385 e. The second-order valence-corrected chi connectivity index (χ2v) is 7.33. The second-order valence-electron chi connectivity index (χ2n) is 6.01. The number of hydrogen-bond acceptors (Lipinski definition) is 4. The number of ether oxygens (including phenoxy) is 1. The van der Waals surface area contributed by atoms with E-state index < -0.39 is 0 Å². The average molecular weight is 324 g/mol. The van der Waals surface area contributed by atoms with E-state index >= 15 is 0 Å². The van der Waals surface area contributed by atoms with Crippen molar-refractivity contribution in [1.82, 2.24) is 15.6 Å². The van der Waals surface area contributed by atoms with E-state index in [0.717, 1.165) is 37.1 Å². The van der Waals surface area contributed by atoms with E-state index in [1.54, 1.807) is 18.4 Å². The normalized spacial score (nSPS) is 17.1. The molecule has 1 fully saturated rings. The van der Waals surface area contributed by atoms with Crippen molar-refractivity contribution in [1.29, 1.82) is 0 Å². The fraction of sp³-hybridized carbons (Fsp3) is 0.750. The first-order valence-electron chi connectivity index (χ1n) is 8.10. The lowest BCUT2D eigenvalue weighted by Crippen LogP contribution is -2.46. The first-order valence-corrected chi connectivity index (χ1v) is 8.91. The van der Waals surface area contributed by atoms with Crippen LogP contribution in [0.2, 0.25) is 0 Å². The molecule has 1 aliphatic rings. The maximum Gasteiger partial charge on any atom is 0.191 e. The SMILES string of the molecule is CCNC(=NCc1ncc(C)s1)NCC1(CCOC)CCC1. The zero-order valence-electron chi connectivity index (χ0n) is 13.9. The molecule has 22 heavy (non-hydrogen) atoms. The minimum atomic E-state index is 0.393. The van der Waals surface area contributed by atoms with E-state index in [2.05, 4.69) is 34.5 Å². The van der Waals surface area contributed by atoms with Gasteiger partial charge in [-0.3, -0.25) is 0 Å². The van der Waals surface area contributed by atoms with Crippen molar-refractivity contribution < 1.29 is 4.74 Å². The third-order valence-corrected chi connectivity index (χ3v) is 5.16. The molecular weight excluding hydrogens is 296 g/mol. The molecule has 5 nitrogen and oxygen atoms in total. The van der Waals surface area contributed by atoms with Gasteiger partial charge in [0, 0.05) is 37.9 Å². The van der Waals surface area contributed by atoms with Crippen LogP contribution in [0.15, 0.2) is 11.2 Å². The lowest BCUT2D eigenvalue weighted by atomic mass is 9.67. The van der Waals surface area contributed by atoms with Crippen LogP contribution in [0.4, 0.5) is 0 Å². The molecule has 2 N–H and O–H groups in total. The van der Waals surface area contributed by atoms with E-state index in [9.17, 15) is 0 Å². The molecule has 0 atom stereocenters. The summed E-state index contributed by atoms with van der Waals surface area (Å²) in [6.45, 7) is 7.48. The molecule has 1 aliphatic carbocycles. The lowest BCUT2D eigenvalue weighted by Gasteiger charge is -2.42. The molecule has 1 heterocycles. The summed E-state index contributed by atoms with van der Waals surface area (Å²) in [5, 5.41) is 7.89. The predicted molar refractivity (Wildman–Crippen MR) is 92.4 cm³/mol. The standard InChI is InChI=1S/C16H28N4OS/c1-4-17-15(19-11-14-18-10-13(2)22-14)20-12-16(6-5-7-16)8-9-21-3/h10H,4-9,11-12H2,1-3H3,(H2,17,19,20). The number of methoxy groups -OCH3 is 1. The Labute approximate surface area is 137 Å². The van der Waals surface area contributed by atoms with Gasteiger partial charge in [-0.2, -0.15) is 0 Å². The molecule has 1 aromatic rings. The Morgan fingerprint density at radius 3 is 2.82 bits per heavy atom. The molecule has 0 saturated heterocycles. The summed E-state index contributed by atoms with van der Waals surface area (Å²) in [7, 11) is 1.78. The van der Waals surface area contributed by atoms with Crippen molar-refractivity contribution in [3.05, 3.63) is 16.1 Å². The van der Waals surface area contributed by atoms with Crippen molar-refractivity contribution in [2.24, 2.45) is 10.4 Å². The van der Waals surface area contributed by atoms with E-state index in [1.807, 2.05) is 6.20 Å². The van der Waals surface area contributed by atoms with Crippen LogP contribution in [0.1, 0.15) is 42.5 Å². The lowest BCUT2D eigenvalue weighted by molar-refractivity contribution is 0.0732. The maximum atomic E-state index is 5.25. The molecule has 124 valence electrons. The molecule has 0 unspecified atom stereocenters.